The van der Waals surface area contributed by atoms with Crippen molar-refractivity contribution in [1.82, 2.24) is 24.8 Å². The van der Waals surface area contributed by atoms with E-state index < -0.39 is 17.6 Å². The van der Waals surface area contributed by atoms with Crippen molar-refractivity contribution in [3.8, 4) is 11.4 Å². The average molecular weight is 537 g/mol. The number of likely N-dealkylation sites (N-methyl/N-ethyl adjacent to an activating group) is 1. The molecule has 2 aliphatic rings. The van der Waals surface area contributed by atoms with Gasteiger partial charge in [0.05, 0.1) is 10.6 Å². The van der Waals surface area contributed by atoms with Crippen molar-refractivity contribution in [2.45, 2.75) is 6.18 Å². The van der Waals surface area contributed by atoms with Crippen LogP contribution < -0.4 is 14.7 Å². The Labute approximate surface area is 216 Å². The Balaban J connectivity index is 1.42. The highest BCUT2D eigenvalue weighted by atomic mass is 35.5. The molecule has 37 heavy (non-hydrogen) atoms. The molecule has 0 unspecified atom stereocenters. The van der Waals surface area contributed by atoms with Crippen LogP contribution >= 0.6 is 11.6 Å². The number of halogens is 5. The highest BCUT2D eigenvalue weighted by Crippen LogP contribution is 2.35. The predicted octanol–water partition coefficient (Wildman–Crippen LogP) is 3.82. The van der Waals surface area contributed by atoms with Crippen molar-refractivity contribution < 1.29 is 17.6 Å². The van der Waals surface area contributed by atoms with Crippen LogP contribution in [0.2, 0.25) is 5.02 Å². The van der Waals surface area contributed by atoms with Gasteiger partial charge in [0.1, 0.15) is 11.6 Å². The van der Waals surface area contributed by atoms with E-state index >= 15 is 0 Å². The maximum atomic E-state index is 13.8. The van der Waals surface area contributed by atoms with Gasteiger partial charge in [-0.1, -0.05) is 11.6 Å². The van der Waals surface area contributed by atoms with E-state index in [1.807, 2.05) is 11.9 Å². The molecule has 0 atom stereocenters. The van der Waals surface area contributed by atoms with Gasteiger partial charge in [0.25, 0.3) is 0 Å². The lowest BCUT2D eigenvalue weighted by Gasteiger charge is -2.37. The Bertz CT molecular complexity index is 1260. The van der Waals surface area contributed by atoms with Gasteiger partial charge in [0, 0.05) is 64.1 Å². The van der Waals surface area contributed by atoms with Gasteiger partial charge in [0.2, 0.25) is 11.9 Å². The first-order valence-corrected chi connectivity index (χ1v) is 12.2. The molecule has 2 saturated heterocycles. The second-order valence-electron chi connectivity index (χ2n) is 9.02. The summed E-state index contributed by atoms with van der Waals surface area (Å²) in [7, 11) is 2.05. The average Bonchev–Trinajstić information content (AvgIpc) is 2.90. The molecule has 0 saturated carbocycles. The summed E-state index contributed by atoms with van der Waals surface area (Å²) in [6.07, 6.45) is -3.12. The standard InChI is InChI=1S/C24H25ClF4N8/c1-34-7-9-36(10-8-34)22-31-20(16-4-5-19(26)18(25)15-16)32-23(33-22)37-13-11-35(12-14-37)21-17(24(27,28)29)3-2-6-30-21/h2-6,15H,7-14H2,1H3. The van der Waals surface area contributed by atoms with Gasteiger partial charge < -0.3 is 19.6 Å². The minimum Gasteiger partial charge on any atom is -0.353 e. The lowest BCUT2D eigenvalue weighted by molar-refractivity contribution is -0.137. The molecule has 2 aliphatic heterocycles. The summed E-state index contributed by atoms with van der Waals surface area (Å²) in [6, 6.07) is 6.63. The summed E-state index contributed by atoms with van der Waals surface area (Å²) in [5.41, 5.74) is -0.205. The first-order valence-electron chi connectivity index (χ1n) is 11.9. The molecular formula is C24H25ClF4N8. The van der Waals surface area contributed by atoms with E-state index in [9.17, 15) is 17.6 Å². The Morgan fingerprint density at radius 1 is 0.811 bits per heavy atom. The second-order valence-corrected chi connectivity index (χ2v) is 9.43. The third-order valence-electron chi connectivity index (χ3n) is 6.53. The zero-order valence-corrected chi connectivity index (χ0v) is 20.8. The molecule has 196 valence electrons. The third-order valence-corrected chi connectivity index (χ3v) is 6.82. The molecule has 0 radical (unpaired) electrons. The van der Waals surface area contributed by atoms with Crippen LogP contribution in [0.15, 0.2) is 36.5 Å². The molecule has 2 fully saturated rings. The van der Waals surface area contributed by atoms with E-state index in [0.29, 0.717) is 49.5 Å². The Hall–Kier alpha value is -3.25. The molecule has 5 rings (SSSR count). The second kappa shape index (κ2) is 10.3. The van der Waals surface area contributed by atoms with Gasteiger partial charge in [-0.15, -0.1) is 0 Å². The number of pyridine rings is 1. The Kier molecular flexibility index (Phi) is 7.04. The van der Waals surface area contributed by atoms with Crippen LogP contribution in [0.5, 0.6) is 0 Å². The molecular weight excluding hydrogens is 512 g/mol. The van der Waals surface area contributed by atoms with E-state index in [0.717, 1.165) is 32.2 Å². The first kappa shape index (κ1) is 25.4. The van der Waals surface area contributed by atoms with Gasteiger partial charge in [-0.2, -0.15) is 28.1 Å². The van der Waals surface area contributed by atoms with Crippen molar-refractivity contribution in [2.24, 2.45) is 0 Å². The summed E-state index contributed by atoms with van der Waals surface area (Å²) in [5.74, 6) is 0.649. The summed E-state index contributed by atoms with van der Waals surface area (Å²) >= 11 is 6.01. The topological polar surface area (TPSA) is 64.5 Å². The quantitative estimate of drug-likeness (QED) is 0.466. The van der Waals surface area contributed by atoms with E-state index in [2.05, 4.69) is 24.8 Å². The summed E-state index contributed by atoms with van der Waals surface area (Å²) in [4.78, 5) is 25.8. The van der Waals surface area contributed by atoms with Gasteiger partial charge in [0.15, 0.2) is 5.82 Å². The summed E-state index contributed by atoms with van der Waals surface area (Å²) in [6.45, 7) is 4.58. The van der Waals surface area contributed by atoms with Crippen LogP contribution in [0.4, 0.5) is 35.3 Å². The van der Waals surface area contributed by atoms with Crippen LogP contribution in [0.3, 0.4) is 0 Å². The maximum absolute atomic E-state index is 13.8. The molecule has 4 heterocycles. The first-order chi connectivity index (χ1) is 17.7. The minimum atomic E-state index is -4.49. The van der Waals surface area contributed by atoms with Crippen molar-refractivity contribution in [3.05, 3.63) is 52.9 Å². The fourth-order valence-corrected chi connectivity index (χ4v) is 4.58. The number of benzene rings is 1. The van der Waals surface area contributed by atoms with Crippen LogP contribution in [0.25, 0.3) is 11.4 Å². The highest BCUT2D eigenvalue weighted by molar-refractivity contribution is 6.31. The normalized spacial score (nSPS) is 17.4. The molecule has 0 bridgehead atoms. The van der Waals surface area contributed by atoms with Gasteiger partial charge in [-0.25, -0.2) is 9.37 Å². The van der Waals surface area contributed by atoms with E-state index in [1.54, 1.807) is 11.0 Å². The molecule has 1 aromatic carbocycles. The number of piperazine rings is 2. The summed E-state index contributed by atoms with van der Waals surface area (Å²) in [5, 5.41) is -0.0370. The lowest BCUT2D eigenvalue weighted by Crippen LogP contribution is -2.48. The molecule has 13 heteroatoms. The zero-order valence-electron chi connectivity index (χ0n) is 20.1. The molecule has 0 aliphatic carbocycles. The number of nitrogens with zero attached hydrogens (tertiary/aromatic N) is 8. The van der Waals surface area contributed by atoms with Gasteiger partial charge >= 0.3 is 6.18 Å². The largest absolute Gasteiger partial charge is 0.419 e. The molecule has 0 N–H and O–H groups in total. The SMILES string of the molecule is CN1CCN(c2nc(-c3ccc(F)c(Cl)c3)nc(N3CCN(c4ncccc4C(F)(F)F)CC3)n2)CC1. The fraction of sp³-hybridized carbons (Fsp3) is 0.417. The number of hydrogen-bond donors (Lipinski definition) is 0. The number of aromatic nitrogens is 4. The molecule has 3 aromatic rings. The number of alkyl halides is 3. The van der Waals surface area contributed by atoms with Crippen LogP contribution in [-0.4, -0.2) is 84.2 Å². The van der Waals surface area contributed by atoms with E-state index in [1.165, 1.54) is 24.4 Å². The molecule has 0 amide bonds. The lowest BCUT2D eigenvalue weighted by atomic mass is 10.2. The number of anilines is 3. The van der Waals surface area contributed by atoms with Crippen molar-refractivity contribution in [1.29, 1.82) is 0 Å². The third kappa shape index (κ3) is 5.54. The fourth-order valence-electron chi connectivity index (χ4n) is 4.40. The monoisotopic (exact) mass is 536 g/mol. The van der Waals surface area contributed by atoms with E-state index in [-0.39, 0.29) is 10.8 Å². The molecule has 0 spiro atoms. The summed E-state index contributed by atoms with van der Waals surface area (Å²) < 4.78 is 54.3. The van der Waals surface area contributed by atoms with Crippen LogP contribution in [0.1, 0.15) is 5.56 Å². The van der Waals surface area contributed by atoms with Crippen LogP contribution in [-0.2, 0) is 6.18 Å². The van der Waals surface area contributed by atoms with Crippen LogP contribution in [0, 0.1) is 5.82 Å². The van der Waals surface area contributed by atoms with Gasteiger partial charge in [-0.3, -0.25) is 0 Å². The Morgan fingerprint density at radius 2 is 1.41 bits per heavy atom. The van der Waals surface area contributed by atoms with Gasteiger partial charge in [-0.05, 0) is 37.4 Å². The number of hydrogen-bond acceptors (Lipinski definition) is 8. The predicted molar refractivity (Wildman–Crippen MR) is 134 cm³/mol. The smallest absolute Gasteiger partial charge is 0.353 e. The minimum absolute atomic E-state index is 0.0370. The van der Waals surface area contributed by atoms with Crippen molar-refractivity contribution in [3.63, 3.8) is 0 Å². The molecule has 8 nitrogen and oxygen atoms in total. The Morgan fingerprint density at radius 3 is 2.00 bits per heavy atom. The zero-order chi connectivity index (χ0) is 26.2. The molecule has 2 aromatic heterocycles. The van der Waals surface area contributed by atoms with Crippen molar-refractivity contribution >= 4 is 29.3 Å². The maximum Gasteiger partial charge on any atom is 0.419 e. The van der Waals surface area contributed by atoms with Crippen molar-refractivity contribution in [2.75, 3.05) is 74.1 Å². The van der Waals surface area contributed by atoms with E-state index in [4.69, 9.17) is 16.6 Å². The highest BCUT2D eigenvalue weighted by Gasteiger charge is 2.36. The number of rotatable bonds is 4.